The highest BCUT2D eigenvalue weighted by atomic mass is 19.1. The molecule has 2 rings (SSSR count). The summed E-state index contributed by atoms with van der Waals surface area (Å²) in [6.45, 7) is 0. The Kier molecular flexibility index (Phi) is 2.51. The molecule has 77 valence electrons. The van der Waals surface area contributed by atoms with Gasteiger partial charge in [0.2, 0.25) is 6.29 Å². The zero-order chi connectivity index (χ0) is 10.8. The minimum Gasteiger partial charge on any atom is -0.361 e. The van der Waals surface area contributed by atoms with Crippen LogP contribution in [0.3, 0.4) is 0 Å². The lowest BCUT2D eigenvalue weighted by Gasteiger charge is -2.01. The Morgan fingerprint density at radius 3 is 3.07 bits per heavy atom. The zero-order valence-electron chi connectivity index (χ0n) is 7.96. The highest BCUT2D eigenvalue weighted by Crippen LogP contribution is 2.20. The van der Waals surface area contributed by atoms with E-state index in [1.54, 1.807) is 18.5 Å². The van der Waals surface area contributed by atoms with Crippen molar-refractivity contribution in [1.82, 2.24) is 4.98 Å². The third-order valence-corrected chi connectivity index (χ3v) is 2.32. The van der Waals surface area contributed by atoms with Crippen molar-refractivity contribution in [2.45, 2.75) is 12.5 Å². The summed E-state index contributed by atoms with van der Waals surface area (Å²) in [5, 5.41) is 0.765. The first-order valence-electron chi connectivity index (χ1n) is 4.59. The molecule has 1 aromatic carbocycles. The van der Waals surface area contributed by atoms with Gasteiger partial charge in [0.15, 0.2) is 0 Å². The molecule has 0 fully saturated rings. The molecule has 3 nitrogen and oxygen atoms in total. The van der Waals surface area contributed by atoms with Gasteiger partial charge in [-0.25, -0.2) is 4.39 Å². The summed E-state index contributed by atoms with van der Waals surface area (Å²) in [6.07, 6.45) is 3.81. The van der Waals surface area contributed by atoms with Gasteiger partial charge in [0.1, 0.15) is 5.82 Å². The first-order valence-corrected chi connectivity index (χ1v) is 4.59. The van der Waals surface area contributed by atoms with Crippen molar-refractivity contribution in [3.05, 3.63) is 35.8 Å². The predicted molar refractivity (Wildman–Crippen MR) is 55.6 cm³/mol. The van der Waals surface area contributed by atoms with Gasteiger partial charge >= 0.3 is 0 Å². The largest absolute Gasteiger partial charge is 0.361 e. The van der Waals surface area contributed by atoms with Crippen molar-refractivity contribution in [1.29, 1.82) is 0 Å². The van der Waals surface area contributed by atoms with E-state index in [0.717, 1.165) is 16.5 Å². The van der Waals surface area contributed by atoms with Crippen LogP contribution in [0.2, 0.25) is 0 Å². The monoisotopic (exact) mass is 205 g/mol. The van der Waals surface area contributed by atoms with Crippen LogP contribution in [0.1, 0.15) is 5.56 Å². The summed E-state index contributed by atoms with van der Waals surface area (Å²) in [7, 11) is 0. The molecule has 0 spiro atoms. The molecule has 1 radical (unpaired) electrons. The average molecular weight is 205 g/mol. The van der Waals surface area contributed by atoms with Crippen LogP contribution in [-0.4, -0.2) is 17.3 Å². The standard InChI is InChI=1S/C11H10FN2O/c12-8-1-2-11-10(4-8)7(5-14-11)3-9(13)6-15/h1-2,4-5,9,14H,3,13H2. The Morgan fingerprint density at radius 2 is 2.33 bits per heavy atom. The molecule has 0 bridgehead atoms. The van der Waals surface area contributed by atoms with E-state index in [1.165, 1.54) is 12.1 Å². The fraction of sp³-hybridized carbons (Fsp3) is 0.182. The quantitative estimate of drug-likeness (QED) is 0.793. The molecule has 1 atom stereocenters. The second-order valence-corrected chi connectivity index (χ2v) is 3.43. The van der Waals surface area contributed by atoms with E-state index in [1.807, 2.05) is 0 Å². The molecule has 1 aromatic heterocycles. The molecule has 0 saturated carbocycles. The maximum atomic E-state index is 13.0. The molecular weight excluding hydrogens is 195 g/mol. The van der Waals surface area contributed by atoms with Gasteiger partial charge < -0.3 is 10.7 Å². The minimum atomic E-state index is -0.660. The van der Waals surface area contributed by atoms with E-state index in [0.29, 0.717) is 6.42 Å². The number of benzene rings is 1. The molecule has 3 N–H and O–H groups in total. The van der Waals surface area contributed by atoms with Gasteiger partial charge in [0.05, 0.1) is 6.04 Å². The van der Waals surface area contributed by atoms with E-state index in [2.05, 4.69) is 4.98 Å². The number of carbonyl (C=O) groups excluding carboxylic acids is 1. The number of halogens is 1. The molecule has 4 heteroatoms. The Labute approximate surface area is 86.1 Å². The van der Waals surface area contributed by atoms with Gasteiger partial charge in [0.25, 0.3) is 0 Å². The highest BCUT2D eigenvalue weighted by molar-refractivity contribution is 5.83. The van der Waals surface area contributed by atoms with Crippen LogP contribution in [-0.2, 0) is 11.2 Å². The summed E-state index contributed by atoms with van der Waals surface area (Å²) in [4.78, 5) is 13.3. The number of nitrogens with two attached hydrogens (primary N) is 1. The zero-order valence-corrected chi connectivity index (χ0v) is 7.96. The van der Waals surface area contributed by atoms with Gasteiger partial charge in [-0.3, -0.25) is 4.79 Å². The highest BCUT2D eigenvalue weighted by Gasteiger charge is 2.09. The molecule has 0 aliphatic heterocycles. The Bertz CT molecular complexity index is 492. The van der Waals surface area contributed by atoms with Gasteiger partial charge in [-0.15, -0.1) is 0 Å². The van der Waals surface area contributed by atoms with Crippen LogP contribution in [0.4, 0.5) is 4.39 Å². The number of aromatic amines is 1. The lowest BCUT2D eigenvalue weighted by molar-refractivity contribution is 0.541. The SMILES string of the molecule is NC([C]=O)Cc1c[nH]c2ccc(F)cc12. The molecule has 15 heavy (non-hydrogen) atoms. The first-order chi connectivity index (χ1) is 7.20. The fourth-order valence-electron chi connectivity index (χ4n) is 1.60. The molecule has 0 aliphatic rings. The van der Waals surface area contributed by atoms with Crippen LogP contribution in [0.5, 0.6) is 0 Å². The molecule has 0 aliphatic carbocycles. The topological polar surface area (TPSA) is 58.9 Å². The van der Waals surface area contributed by atoms with Crippen LogP contribution < -0.4 is 5.73 Å². The van der Waals surface area contributed by atoms with Crippen molar-refractivity contribution in [3.8, 4) is 0 Å². The Hall–Kier alpha value is -1.68. The number of aromatic nitrogens is 1. The lowest BCUT2D eigenvalue weighted by Crippen LogP contribution is -2.23. The molecule has 0 saturated heterocycles. The third kappa shape index (κ3) is 1.89. The molecule has 0 amide bonds. The second kappa shape index (κ2) is 3.82. The molecule has 2 aromatic rings. The van der Waals surface area contributed by atoms with Crippen LogP contribution >= 0.6 is 0 Å². The summed E-state index contributed by atoms with van der Waals surface area (Å²) in [5.41, 5.74) is 7.13. The summed E-state index contributed by atoms with van der Waals surface area (Å²) < 4.78 is 13.0. The van der Waals surface area contributed by atoms with Gasteiger partial charge in [0, 0.05) is 17.1 Å². The molecular formula is C11H10FN2O. The van der Waals surface area contributed by atoms with Crippen molar-refractivity contribution < 1.29 is 9.18 Å². The predicted octanol–water partition coefficient (Wildman–Crippen LogP) is 1.29. The number of fused-ring (bicyclic) bond motifs is 1. The van der Waals surface area contributed by atoms with Gasteiger partial charge in [-0.2, -0.15) is 0 Å². The van der Waals surface area contributed by atoms with Gasteiger partial charge in [-0.05, 0) is 30.2 Å². The van der Waals surface area contributed by atoms with Crippen molar-refractivity contribution in [2.24, 2.45) is 5.73 Å². The van der Waals surface area contributed by atoms with E-state index < -0.39 is 6.04 Å². The number of rotatable bonds is 3. The van der Waals surface area contributed by atoms with Crippen LogP contribution in [0.15, 0.2) is 24.4 Å². The Balaban J connectivity index is 2.43. The maximum Gasteiger partial charge on any atom is 0.217 e. The first kappa shape index (κ1) is 9.86. The van der Waals surface area contributed by atoms with Crippen molar-refractivity contribution in [2.75, 3.05) is 0 Å². The fourth-order valence-corrected chi connectivity index (χ4v) is 1.60. The van der Waals surface area contributed by atoms with Crippen molar-refractivity contribution >= 4 is 17.2 Å². The number of nitrogens with one attached hydrogen (secondary N) is 1. The van der Waals surface area contributed by atoms with E-state index in [4.69, 9.17) is 5.73 Å². The van der Waals surface area contributed by atoms with Crippen LogP contribution in [0, 0.1) is 5.82 Å². The number of hydrogen-bond donors (Lipinski definition) is 2. The molecule has 1 unspecified atom stereocenters. The van der Waals surface area contributed by atoms with E-state index in [9.17, 15) is 9.18 Å². The summed E-state index contributed by atoms with van der Waals surface area (Å²) in [6, 6.07) is 3.81. The van der Waals surface area contributed by atoms with E-state index in [-0.39, 0.29) is 5.82 Å². The second-order valence-electron chi connectivity index (χ2n) is 3.43. The lowest BCUT2D eigenvalue weighted by atomic mass is 10.1. The third-order valence-electron chi connectivity index (χ3n) is 2.32. The minimum absolute atomic E-state index is 0.299. The number of hydrogen-bond acceptors (Lipinski definition) is 2. The van der Waals surface area contributed by atoms with Crippen molar-refractivity contribution in [3.63, 3.8) is 0 Å². The average Bonchev–Trinajstić information content (AvgIpc) is 2.61. The molecule has 1 heterocycles. The Morgan fingerprint density at radius 1 is 1.53 bits per heavy atom. The van der Waals surface area contributed by atoms with E-state index >= 15 is 0 Å². The van der Waals surface area contributed by atoms with Gasteiger partial charge in [-0.1, -0.05) is 0 Å². The number of H-pyrrole nitrogens is 1. The smallest absolute Gasteiger partial charge is 0.217 e. The normalized spacial score (nSPS) is 12.9. The summed E-state index contributed by atoms with van der Waals surface area (Å²) in [5.74, 6) is -0.299. The van der Waals surface area contributed by atoms with Crippen LogP contribution in [0.25, 0.3) is 10.9 Å². The summed E-state index contributed by atoms with van der Waals surface area (Å²) >= 11 is 0. The maximum absolute atomic E-state index is 13.0.